The zero-order valence-electron chi connectivity index (χ0n) is 12.5. The minimum Gasteiger partial charge on any atom is -0.480 e. The van der Waals surface area contributed by atoms with Crippen LogP contribution < -0.4 is 11.3 Å². The largest absolute Gasteiger partial charge is 0.480 e. The molecule has 0 aromatic carbocycles. The predicted molar refractivity (Wildman–Crippen MR) is 83.7 cm³/mol. The molecule has 1 unspecified atom stereocenters. The Labute approximate surface area is 128 Å². The Kier molecular flexibility index (Phi) is 6.91. The molecule has 0 radical (unpaired) electrons. The number of carbonyl (C=O) groups is 1. The second-order valence-electron chi connectivity index (χ2n) is 5.06. The lowest BCUT2D eigenvalue weighted by molar-refractivity contribution is -0.143. The fraction of sp³-hybridized carbons (Fsp3) is 0.643. The predicted octanol–water partition coefficient (Wildman–Crippen LogP) is 1.79. The second-order valence-corrected chi connectivity index (χ2v) is 6.14. The average Bonchev–Trinajstić information content (AvgIpc) is 2.43. The summed E-state index contributed by atoms with van der Waals surface area (Å²) in [6.45, 7) is 3.81. The van der Waals surface area contributed by atoms with E-state index in [2.05, 4.69) is 9.97 Å². The zero-order chi connectivity index (χ0) is 15.9. The number of carboxylic acids is 1. The van der Waals surface area contributed by atoms with Gasteiger partial charge in [-0.3, -0.25) is 9.59 Å². The van der Waals surface area contributed by atoms with Gasteiger partial charge in [-0.15, -0.1) is 0 Å². The summed E-state index contributed by atoms with van der Waals surface area (Å²) in [4.78, 5) is 29.7. The maximum absolute atomic E-state index is 11.5. The van der Waals surface area contributed by atoms with Crippen molar-refractivity contribution in [2.75, 3.05) is 5.75 Å². The van der Waals surface area contributed by atoms with Gasteiger partial charge in [0.05, 0.1) is 0 Å². The van der Waals surface area contributed by atoms with Gasteiger partial charge in [0.25, 0.3) is 5.56 Å². The number of carboxylic acid groups (broad SMARTS) is 1. The first-order valence-corrected chi connectivity index (χ1v) is 8.15. The smallest absolute Gasteiger partial charge is 0.323 e. The van der Waals surface area contributed by atoms with Crippen molar-refractivity contribution in [1.29, 1.82) is 0 Å². The molecule has 118 valence electrons. The highest BCUT2D eigenvalue weighted by Gasteiger charge is 2.30. The third-order valence-electron chi connectivity index (χ3n) is 3.34. The van der Waals surface area contributed by atoms with E-state index in [0.717, 1.165) is 18.5 Å². The number of thioether (sulfide) groups is 1. The van der Waals surface area contributed by atoms with E-state index in [1.165, 1.54) is 17.8 Å². The van der Waals surface area contributed by atoms with Crippen LogP contribution in [0.5, 0.6) is 0 Å². The molecule has 4 N–H and O–H groups in total. The van der Waals surface area contributed by atoms with Crippen LogP contribution in [-0.2, 0) is 11.2 Å². The van der Waals surface area contributed by atoms with Crippen LogP contribution in [0.2, 0.25) is 0 Å². The van der Waals surface area contributed by atoms with Crippen LogP contribution in [0.15, 0.2) is 16.0 Å². The molecule has 0 fully saturated rings. The minimum absolute atomic E-state index is 0.150. The van der Waals surface area contributed by atoms with Gasteiger partial charge in [0, 0.05) is 17.5 Å². The van der Waals surface area contributed by atoms with Gasteiger partial charge < -0.3 is 15.8 Å². The van der Waals surface area contributed by atoms with Gasteiger partial charge in [-0.25, -0.2) is 4.98 Å². The number of nitrogens with one attached hydrogen (secondary N) is 1. The van der Waals surface area contributed by atoms with Gasteiger partial charge in [0.1, 0.15) is 5.54 Å². The van der Waals surface area contributed by atoms with Gasteiger partial charge in [-0.1, -0.05) is 32.0 Å². The van der Waals surface area contributed by atoms with Crippen molar-refractivity contribution in [1.82, 2.24) is 9.97 Å². The van der Waals surface area contributed by atoms with E-state index in [9.17, 15) is 9.59 Å². The van der Waals surface area contributed by atoms with E-state index < -0.39 is 11.5 Å². The van der Waals surface area contributed by atoms with Crippen LogP contribution in [0.3, 0.4) is 0 Å². The van der Waals surface area contributed by atoms with Crippen molar-refractivity contribution in [3.05, 3.63) is 22.1 Å². The zero-order valence-corrected chi connectivity index (χ0v) is 13.3. The van der Waals surface area contributed by atoms with Crippen LogP contribution >= 0.6 is 11.8 Å². The topological polar surface area (TPSA) is 109 Å². The number of aryl methyl sites for hydroxylation is 1. The number of hydrogen-bond acceptors (Lipinski definition) is 5. The molecule has 21 heavy (non-hydrogen) atoms. The summed E-state index contributed by atoms with van der Waals surface area (Å²) in [6, 6.07) is 1.51. The fourth-order valence-corrected chi connectivity index (χ4v) is 2.76. The summed E-state index contributed by atoms with van der Waals surface area (Å²) in [6.07, 6.45) is 3.17. The van der Waals surface area contributed by atoms with Gasteiger partial charge in [0.15, 0.2) is 5.16 Å². The molecule has 1 aromatic heterocycles. The molecule has 1 heterocycles. The average molecular weight is 313 g/mol. The standard InChI is InChI=1S/C14H23N3O3S/c1-3-6-10-9-11(18)17-13(16-10)21-8-5-7-14(15,4-2)12(19)20/h9H,3-8,15H2,1-2H3,(H,19,20)(H,16,17,18). The highest BCUT2D eigenvalue weighted by molar-refractivity contribution is 7.99. The summed E-state index contributed by atoms with van der Waals surface area (Å²) in [5, 5.41) is 9.67. The summed E-state index contributed by atoms with van der Waals surface area (Å²) in [7, 11) is 0. The van der Waals surface area contributed by atoms with Crippen LogP contribution in [0, 0.1) is 0 Å². The second kappa shape index (κ2) is 8.19. The van der Waals surface area contributed by atoms with Crippen molar-refractivity contribution in [3.8, 4) is 0 Å². The molecule has 0 amide bonds. The first-order valence-electron chi connectivity index (χ1n) is 7.16. The molecule has 0 saturated carbocycles. The number of H-pyrrole nitrogens is 1. The molecule has 0 spiro atoms. The van der Waals surface area contributed by atoms with E-state index in [4.69, 9.17) is 10.8 Å². The lowest BCUT2D eigenvalue weighted by atomic mass is 9.92. The Morgan fingerprint density at radius 1 is 1.52 bits per heavy atom. The molecule has 0 aliphatic carbocycles. The molecule has 0 aliphatic rings. The lowest BCUT2D eigenvalue weighted by Gasteiger charge is -2.22. The first-order chi connectivity index (χ1) is 9.91. The Bertz CT molecular complexity index is 532. The summed E-state index contributed by atoms with van der Waals surface area (Å²) < 4.78 is 0. The maximum atomic E-state index is 11.5. The molecule has 6 nitrogen and oxygen atoms in total. The van der Waals surface area contributed by atoms with Gasteiger partial charge >= 0.3 is 5.97 Å². The van der Waals surface area contributed by atoms with Crippen LogP contribution in [0.1, 0.15) is 45.2 Å². The molecule has 1 rings (SSSR count). The van der Waals surface area contributed by atoms with Gasteiger partial charge in [-0.05, 0) is 25.7 Å². The van der Waals surface area contributed by atoms with Crippen LogP contribution in [-0.4, -0.2) is 32.3 Å². The third kappa shape index (κ3) is 5.51. The van der Waals surface area contributed by atoms with E-state index in [1.54, 1.807) is 6.92 Å². The van der Waals surface area contributed by atoms with E-state index in [0.29, 0.717) is 30.2 Å². The summed E-state index contributed by atoms with van der Waals surface area (Å²) in [5.41, 5.74) is 5.30. The van der Waals surface area contributed by atoms with E-state index in [1.807, 2.05) is 6.92 Å². The van der Waals surface area contributed by atoms with E-state index in [-0.39, 0.29) is 5.56 Å². The number of nitrogens with two attached hydrogens (primary N) is 1. The SMILES string of the molecule is CCCc1cc(=O)[nH]c(SCCCC(N)(CC)C(=O)O)n1. The number of hydrogen-bond donors (Lipinski definition) is 3. The van der Waals surface area contributed by atoms with Crippen LogP contribution in [0.4, 0.5) is 0 Å². The summed E-state index contributed by atoms with van der Waals surface area (Å²) in [5.74, 6) is -0.295. The fourth-order valence-electron chi connectivity index (χ4n) is 1.93. The maximum Gasteiger partial charge on any atom is 0.323 e. The van der Waals surface area contributed by atoms with Crippen molar-refractivity contribution in [2.24, 2.45) is 5.73 Å². The Morgan fingerprint density at radius 2 is 2.24 bits per heavy atom. The number of rotatable bonds is 9. The van der Waals surface area contributed by atoms with Crippen molar-refractivity contribution < 1.29 is 9.90 Å². The molecular weight excluding hydrogens is 290 g/mol. The quantitative estimate of drug-likeness (QED) is 0.364. The number of nitrogens with zero attached hydrogens (tertiary/aromatic N) is 1. The molecule has 0 saturated heterocycles. The first kappa shape index (κ1) is 17.7. The van der Waals surface area contributed by atoms with E-state index >= 15 is 0 Å². The monoisotopic (exact) mass is 313 g/mol. The van der Waals surface area contributed by atoms with Crippen LogP contribution in [0.25, 0.3) is 0 Å². The Hall–Kier alpha value is -1.34. The molecule has 1 atom stereocenters. The highest BCUT2D eigenvalue weighted by atomic mass is 32.2. The Morgan fingerprint density at radius 3 is 2.81 bits per heavy atom. The number of aliphatic carboxylic acids is 1. The van der Waals surface area contributed by atoms with Crippen molar-refractivity contribution >= 4 is 17.7 Å². The molecule has 1 aromatic rings. The highest BCUT2D eigenvalue weighted by Crippen LogP contribution is 2.19. The van der Waals surface area contributed by atoms with Crippen molar-refractivity contribution in [3.63, 3.8) is 0 Å². The normalized spacial score (nSPS) is 13.9. The van der Waals surface area contributed by atoms with Gasteiger partial charge in [-0.2, -0.15) is 0 Å². The van der Waals surface area contributed by atoms with Crippen molar-refractivity contribution in [2.45, 2.75) is 56.6 Å². The molecule has 7 heteroatoms. The lowest BCUT2D eigenvalue weighted by Crippen LogP contribution is -2.47. The Balaban J connectivity index is 2.53. The van der Waals surface area contributed by atoms with Gasteiger partial charge in [0.2, 0.25) is 0 Å². The third-order valence-corrected chi connectivity index (χ3v) is 4.30. The minimum atomic E-state index is -1.16. The molecule has 0 aliphatic heterocycles. The molecule has 0 bridgehead atoms. The summed E-state index contributed by atoms with van der Waals surface area (Å²) >= 11 is 1.42. The molecular formula is C14H23N3O3S. The number of aromatic nitrogens is 2. The number of aromatic amines is 1.